The van der Waals surface area contributed by atoms with Gasteiger partial charge in [-0.3, -0.25) is 34.2 Å². The summed E-state index contributed by atoms with van der Waals surface area (Å²) in [6.45, 7) is 0. The van der Waals surface area contributed by atoms with Crippen molar-refractivity contribution in [3.05, 3.63) is 117 Å². The zero-order valence-corrected chi connectivity index (χ0v) is 28.0. The van der Waals surface area contributed by atoms with E-state index in [0.29, 0.717) is 0 Å². The summed E-state index contributed by atoms with van der Waals surface area (Å²) in [5.41, 5.74) is -1.82. The highest BCUT2D eigenvalue weighted by Crippen LogP contribution is 2.66. The second kappa shape index (κ2) is 11.5. The maximum atomic E-state index is 15.3. The molecule has 270 valence electrons. The molecule has 0 unspecified atom stereocenters. The molecular weight excluding hydrogens is 752 g/mol. The van der Waals surface area contributed by atoms with E-state index in [1.807, 2.05) is 0 Å². The molecule has 2 saturated heterocycles. The van der Waals surface area contributed by atoms with Crippen LogP contribution in [0.25, 0.3) is 10.8 Å². The summed E-state index contributed by atoms with van der Waals surface area (Å²) in [5.74, 6) is -22.4. The molecule has 2 heterocycles. The van der Waals surface area contributed by atoms with E-state index in [1.54, 1.807) is 24.3 Å². The van der Waals surface area contributed by atoms with Gasteiger partial charge in [0.25, 0.3) is 17.5 Å². The van der Waals surface area contributed by atoms with Crippen LogP contribution in [0.4, 0.5) is 39.0 Å². The number of carbonyl (C=O) groups is 4. The number of phenolic OH excluding ortho intramolecular Hbond substituents is 1. The minimum atomic E-state index is -2.75. The van der Waals surface area contributed by atoms with Gasteiger partial charge in [0.05, 0.1) is 22.4 Å². The van der Waals surface area contributed by atoms with Crippen LogP contribution in [0.15, 0.2) is 72.3 Å². The number of fused-ring (bicyclic) bond motifs is 5. The van der Waals surface area contributed by atoms with Crippen molar-refractivity contribution in [3.8, 4) is 5.75 Å². The molecule has 53 heavy (non-hydrogen) atoms. The van der Waals surface area contributed by atoms with Gasteiger partial charge in [0.1, 0.15) is 11.4 Å². The van der Waals surface area contributed by atoms with Crippen LogP contribution < -0.4 is 9.80 Å². The number of halogens is 7. The highest BCUT2D eigenvalue weighted by molar-refractivity contribution is 6.58. The number of non-ortho nitro benzene ring substituents is 1. The van der Waals surface area contributed by atoms with Crippen LogP contribution in [0.2, 0.25) is 0 Å². The third kappa shape index (κ3) is 4.37. The van der Waals surface area contributed by atoms with E-state index < -0.39 is 103 Å². The number of phenols is 1. The third-order valence-electron chi connectivity index (χ3n) is 10.8. The van der Waals surface area contributed by atoms with Gasteiger partial charge in [-0.05, 0) is 47.9 Å². The molecule has 0 aromatic heterocycles. The van der Waals surface area contributed by atoms with E-state index >= 15 is 8.78 Å². The first-order valence-corrected chi connectivity index (χ1v) is 16.6. The molecule has 8 rings (SSSR count). The molecule has 4 aromatic rings. The average molecular weight is 772 g/mol. The van der Waals surface area contributed by atoms with Gasteiger partial charge < -0.3 is 5.11 Å². The third-order valence-corrected chi connectivity index (χ3v) is 12.2. The molecule has 0 radical (unpaired) electrons. The summed E-state index contributed by atoms with van der Waals surface area (Å²) in [7, 11) is 0. The lowest BCUT2D eigenvalue weighted by Gasteiger charge is -2.51. The lowest BCUT2D eigenvalue weighted by Crippen LogP contribution is -2.60. The average Bonchev–Trinajstić information content (AvgIpc) is 3.48. The number of aromatic hydroxyl groups is 1. The van der Waals surface area contributed by atoms with E-state index in [1.165, 1.54) is 30.3 Å². The summed E-state index contributed by atoms with van der Waals surface area (Å²) in [4.78, 5) is 62.8. The van der Waals surface area contributed by atoms with E-state index in [2.05, 4.69) is 0 Å². The zero-order valence-electron chi connectivity index (χ0n) is 26.5. The van der Waals surface area contributed by atoms with Crippen molar-refractivity contribution in [2.75, 3.05) is 9.80 Å². The first-order chi connectivity index (χ1) is 25.1. The van der Waals surface area contributed by atoms with Gasteiger partial charge in [0.2, 0.25) is 17.6 Å². The van der Waals surface area contributed by atoms with Crippen LogP contribution in [-0.4, -0.2) is 43.4 Å². The van der Waals surface area contributed by atoms with Gasteiger partial charge in [0.15, 0.2) is 33.0 Å². The van der Waals surface area contributed by atoms with Gasteiger partial charge in [0, 0.05) is 23.4 Å². The fraction of sp³-hybridized carbons (Fsp3) is 0.222. The fourth-order valence-corrected chi connectivity index (χ4v) is 9.38. The largest absolute Gasteiger partial charge is 0.507 e. The first-order valence-electron chi connectivity index (χ1n) is 15.9. The topological polar surface area (TPSA) is 138 Å². The van der Waals surface area contributed by atoms with Crippen molar-refractivity contribution in [2.24, 2.45) is 17.8 Å². The molecule has 2 aliphatic carbocycles. The van der Waals surface area contributed by atoms with Gasteiger partial charge >= 0.3 is 0 Å². The van der Waals surface area contributed by atoms with E-state index in [9.17, 15) is 47.6 Å². The Morgan fingerprint density at radius 3 is 1.98 bits per heavy atom. The number of imide groups is 2. The number of hydrogen-bond donors (Lipinski definition) is 1. The number of nitrogens with zero attached hydrogens (tertiary/aromatic N) is 3. The number of anilines is 2. The maximum Gasteiger partial charge on any atom is 0.269 e. The summed E-state index contributed by atoms with van der Waals surface area (Å²) in [5, 5.41) is 22.5. The Balaban J connectivity index is 1.34. The Labute approximate surface area is 304 Å². The minimum absolute atomic E-state index is 0.00956. The number of allylic oxidation sites excluding steroid dienone is 2. The van der Waals surface area contributed by atoms with Gasteiger partial charge in [-0.1, -0.05) is 42.0 Å². The van der Waals surface area contributed by atoms with Crippen molar-refractivity contribution in [3.63, 3.8) is 0 Å². The molecule has 4 amide bonds. The number of rotatable bonds is 4. The normalized spacial score (nSPS) is 27.9. The molecule has 1 N–H and O–H groups in total. The monoisotopic (exact) mass is 771 g/mol. The number of nitro benzene ring substituents is 1. The van der Waals surface area contributed by atoms with E-state index in [-0.39, 0.29) is 50.4 Å². The summed E-state index contributed by atoms with van der Waals surface area (Å²) < 4.78 is 73.8. The second-order valence-corrected chi connectivity index (χ2v) is 14.4. The summed E-state index contributed by atoms with van der Waals surface area (Å²) in [6.07, 6.45) is 0.728. The Hall–Kier alpha value is -5.41. The van der Waals surface area contributed by atoms with Gasteiger partial charge in [-0.2, -0.15) is 0 Å². The molecule has 6 atom stereocenters. The molecule has 1 saturated carbocycles. The summed E-state index contributed by atoms with van der Waals surface area (Å²) in [6, 6.07) is 13.5. The van der Waals surface area contributed by atoms with Crippen molar-refractivity contribution in [1.82, 2.24) is 0 Å². The number of benzene rings is 4. The highest BCUT2D eigenvalue weighted by atomic mass is 35.5. The molecular formula is C36H20Cl2F5N3O7. The molecule has 0 spiro atoms. The maximum absolute atomic E-state index is 15.3. The number of nitro groups is 1. The molecule has 4 aromatic carbocycles. The van der Waals surface area contributed by atoms with Crippen LogP contribution in [0.3, 0.4) is 0 Å². The zero-order chi connectivity index (χ0) is 38.0. The molecule has 2 aliphatic heterocycles. The van der Waals surface area contributed by atoms with Crippen molar-refractivity contribution < 1.29 is 51.2 Å². The lowest BCUT2D eigenvalue weighted by atomic mass is 9.56. The second-order valence-electron chi connectivity index (χ2n) is 13.2. The lowest BCUT2D eigenvalue weighted by molar-refractivity contribution is -0.384. The number of hydrogen-bond acceptors (Lipinski definition) is 7. The van der Waals surface area contributed by atoms with Crippen LogP contribution in [0.1, 0.15) is 24.3 Å². The smallest absolute Gasteiger partial charge is 0.269 e. The predicted octanol–water partition coefficient (Wildman–Crippen LogP) is 6.92. The predicted molar refractivity (Wildman–Crippen MR) is 178 cm³/mol. The van der Waals surface area contributed by atoms with Crippen LogP contribution in [0, 0.1) is 57.0 Å². The quantitative estimate of drug-likeness (QED) is 0.0348. The number of alkyl halides is 2. The summed E-state index contributed by atoms with van der Waals surface area (Å²) >= 11 is 14.4. The highest BCUT2D eigenvalue weighted by Gasteiger charge is 2.77. The molecule has 4 aliphatic rings. The minimum Gasteiger partial charge on any atom is -0.507 e. The SMILES string of the molecule is O=C1[C@H]2[C@H](CC=C3[C@H]2C[C@@]2(Cl)C(=O)N(c4c(F)c(F)c(F)c(F)c4F)C(=O)[C@@]2(Cl)[C@H]3c2ccc(O)c3ccccc23)C(=O)N1c1ccc([N+](=O)[O-])cc1. The number of amides is 4. The van der Waals surface area contributed by atoms with Gasteiger partial charge in [-0.15, -0.1) is 23.2 Å². The van der Waals surface area contributed by atoms with E-state index in [0.717, 1.165) is 17.0 Å². The standard InChI is InChI=1S/C36H20Cl2F5N3O7/c37-35-13-21-19(9-10-20-23(21)32(49)44(31(20)48)14-5-7-15(8-6-14)46(52)53)24(18-11-12-22(47)17-4-2-1-3-16(17)18)36(35,38)34(51)45(33(35)50)30-28(42)26(40)25(39)27(41)29(30)43/h1-9,11-12,20-21,23-24,47H,10,13H2/t20-,21+,23-,24-,35+,36-/m0/s1. The Bertz CT molecular complexity index is 2400. The van der Waals surface area contributed by atoms with E-state index in [4.69, 9.17) is 23.2 Å². The molecule has 17 heteroatoms. The van der Waals surface area contributed by atoms with Crippen LogP contribution in [0.5, 0.6) is 5.75 Å². The van der Waals surface area contributed by atoms with Crippen molar-refractivity contribution in [2.45, 2.75) is 28.5 Å². The van der Waals surface area contributed by atoms with Gasteiger partial charge in [-0.25, -0.2) is 26.9 Å². The Kier molecular flexibility index (Phi) is 7.55. The number of carbonyl (C=O) groups excluding carboxylic acids is 4. The molecule has 0 bridgehead atoms. The molecule has 10 nitrogen and oxygen atoms in total. The van der Waals surface area contributed by atoms with Crippen LogP contribution in [-0.2, 0) is 19.2 Å². The Morgan fingerprint density at radius 2 is 1.36 bits per heavy atom. The Morgan fingerprint density at radius 1 is 0.755 bits per heavy atom. The first kappa shape index (κ1) is 34.7. The van der Waals surface area contributed by atoms with Crippen LogP contribution >= 0.6 is 23.2 Å². The fourth-order valence-electron chi connectivity index (χ4n) is 8.45. The van der Waals surface area contributed by atoms with Crippen molar-refractivity contribution in [1.29, 1.82) is 0 Å². The molecule has 3 fully saturated rings. The van der Waals surface area contributed by atoms with Crippen molar-refractivity contribution >= 4 is 74.7 Å².